The number of benzene rings is 1. The van der Waals surface area contributed by atoms with E-state index in [4.69, 9.17) is 11.6 Å². The van der Waals surface area contributed by atoms with Crippen LogP contribution in [0, 0.1) is 0 Å². The highest BCUT2D eigenvalue weighted by Crippen LogP contribution is 2.42. The van der Waals surface area contributed by atoms with Crippen LogP contribution in [0.5, 0.6) is 5.75 Å². The van der Waals surface area contributed by atoms with Gasteiger partial charge in [0.15, 0.2) is 5.84 Å². The Kier molecular flexibility index (Phi) is 7.11. The number of aromatic hydroxyl groups is 1. The number of nitrogens with two attached hydrogens (primary N) is 2. The summed E-state index contributed by atoms with van der Waals surface area (Å²) in [7, 11) is 0. The van der Waals surface area contributed by atoms with Gasteiger partial charge in [0.2, 0.25) is 0 Å². The van der Waals surface area contributed by atoms with Crippen LogP contribution < -0.4 is 17.1 Å². The predicted molar refractivity (Wildman–Crippen MR) is 119 cm³/mol. The maximum atomic E-state index is 13.7. The van der Waals surface area contributed by atoms with Gasteiger partial charge in [-0.15, -0.1) is 16.4 Å². The number of hydrogen-bond acceptors (Lipinski definition) is 5. The highest BCUT2D eigenvalue weighted by atomic mass is 32.1. The lowest BCUT2D eigenvalue weighted by Crippen LogP contribution is -2.22. The summed E-state index contributed by atoms with van der Waals surface area (Å²) in [5.41, 5.74) is 8.49. The van der Waals surface area contributed by atoms with Crippen molar-refractivity contribution in [2.24, 2.45) is 16.7 Å². The van der Waals surface area contributed by atoms with Gasteiger partial charge in [-0.25, -0.2) is 11.4 Å². The summed E-state index contributed by atoms with van der Waals surface area (Å²) in [6.45, 7) is 2.70. The van der Waals surface area contributed by atoms with Crippen molar-refractivity contribution in [2.45, 2.75) is 51.7 Å². The van der Waals surface area contributed by atoms with Crippen LogP contribution in [-0.4, -0.2) is 15.5 Å². The van der Waals surface area contributed by atoms with Crippen molar-refractivity contribution in [3.63, 3.8) is 0 Å². The SMILES string of the molecule is CCCCCCCn1c(-c2ccc(O)cc2C(F)(F)F)cc2sc(/C(N)=N/NN)cc21. The molecule has 2 aromatic heterocycles. The van der Waals surface area contributed by atoms with E-state index in [1.165, 1.54) is 23.5 Å². The first-order valence-electron chi connectivity index (χ1n) is 10.1. The number of rotatable bonds is 9. The molecule has 168 valence electrons. The Balaban J connectivity index is 2.09. The minimum absolute atomic E-state index is 0.0362. The van der Waals surface area contributed by atoms with Crippen LogP contribution in [0.4, 0.5) is 13.2 Å². The summed E-state index contributed by atoms with van der Waals surface area (Å²) in [5, 5.41) is 13.4. The summed E-state index contributed by atoms with van der Waals surface area (Å²) in [4.78, 5) is 0.677. The summed E-state index contributed by atoms with van der Waals surface area (Å²) in [5.74, 6) is 4.98. The maximum absolute atomic E-state index is 13.7. The number of alkyl halides is 3. The normalized spacial score (nSPS) is 12.6. The van der Waals surface area contributed by atoms with Gasteiger partial charge >= 0.3 is 6.18 Å². The van der Waals surface area contributed by atoms with Crippen molar-refractivity contribution >= 4 is 27.4 Å². The highest BCUT2D eigenvalue weighted by Gasteiger charge is 2.35. The Morgan fingerprint density at radius 2 is 1.90 bits per heavy atom. The summed E-state index contributed by atoms with van der Waals surface area (Å²) in [6, 6.07) is 6.92. The Labute approximate surface area is 182 Å². The third kappa shape index (κ3) is 5.13. The molecule has 3 rings (SSSR count). The second-order valence-corrected chi connectivity index (χ2v) is 8.39. The number of hydrogen-bond donors (Lipinski definition) is 4. The quantitative estimate of drug-likeness (QED) is 0.118. The second-order valence-electron chi connectivity index (χ2n) is 7.31. The molecule has 0 amide bonds. The number of hydrazine groups is 1. The summed E-state index contributed by atoms with van der Waals surface area (Å²) in [6.07, 6.45) is 0.573. The Morgan fingerprint density at radius 1 is 1.16 bits per heavy atom. The van der Waals surface area contributed by atoms with Crippen LogP contribution in [-0.2, 0) is 12.7 Å². The maximum Gasteiger partial charge on any atom is 0.417 e. The zero-order valence-corrected chi connectivity index (χ0v) is 18.0. The van der Waals surface area contributed by atoms with Crippen LogP contribution in [0.25, 0.3) is 21.5 Å². The van der Waals surface area contributed by atoms with Gasteiger partial charge in [-0.3, -0.25) is 0 Å². The number of nitrogens with one attached hydrogen (secondary N) is 1. The number of unbranched alkanes of at least 4 members (excludes halogenated alkanes) is 4. The number of halogens is 3. The lowest BCUT2D eigenvalue weighted by Gasteiger charge is -2.16. The van der Waals surface area contributed by atoms with Gasteiger partial charge < -0.3 is 15.4 Å². The van der Waals surface area contributed by atoms with Crippen molar-refractivity contribution in [2.75, 3.05) is 0 Å². The first kappa shape index (κ1) is 23.0. The first-order valence-corrected chi connectivity index (χ1v) is 10.9. The van der Waals surface area contributed by atoms with Gasteiger partial charge in [-0.1, -0.05) is 32.6 Å². The fraction of sp³-hybridized carbons (Fsp3) is 0.381. The molecule has 0 radical (unpaired) electrons. The number of fused-ring (bicyclic) bond motifs is 1. The van der Waals surface area contributed by atoms with Crippen molar-refractivity contribution in [1.82, 2.24) is 10.1 Å². The highest BCUT2D eigenvalue weighted by molar-refractivity contribution is 7.20. The van der Waals surface area contributed by atoms with Crippen molar-refractivity contribution in [3.8, 4) is 17.0 Å². The van der Waals surface area contributed by atoms with E-state index in [9.17, 15) is 18.3 Å². The molecule has 0 fully saturated rings. The predicted octanol–water partition coefficient (Wildman–Crippen LogP) is 5.15. The van der Waals surface area contributed by atoms with Crippen LogP contribution in [0.3, 0.4) is 0 Å². The molecule has 6 N–H and O–H groups in total. The molecule has 0 aliphatic carbocycles. The average molecular weight is 454 g/mol. The zero-order chi connectivity index (χ0) is 22.6. The van der Waals surface area contributed by atoms with E-state index in [2.05, 4.69) is 17.6 Å². The van der Waals surface area contributed by atoms with Crippen LogP contribution >= 0.6 is 11.3 Å². The minimum Gasteiger partial charge on any atom is -0.508 e. The molecule has 10 heteroatoms. The van der Waals surface area contributed by atoms with E-state index in [0.29, 0.717) is 17.1 Å². The van der Waals surface area contributed by atoms with E-state index >= 15 is 0 Å². The van der Waals surface area contributed by atoms with Crippen molar-refractivity contribution < 1.29 is 18.3 Å². The molecule has 0 unspecified atom stereocenters. The molecule has 1 aromatic carbocycles. The van der Waals surface area contributed by atoms with Crippen molar-refractivity contribution in [3.05, 3.63) is 40.8 Å². The topological polar surface area (TPSA) is 102 Å². The second kappa shape index (κ2) is 9.61. The zero-order valence-electron chi connectivity index (χ0n) is 17.2. The monoisotopic (exact) mass is 453 g/mol. The standard InChI is InChI=1S/C21H26F3N5OS/c1-2-3-4-5-6-9-29-16(14-8-7-13(30)10-15(14)21(22,23)24)11-18-17(29)12-19(31-18)20(25)27-28-26/h7-8,10-12,28,30H,2-6,9,26H2,1H3,(H2,25,27). The van der Waals surface area contributed by atoms with E-state index in [0.717, 1.165) is 48.4 Å². The van der Waals surface area contributed by atoms with E-state index in [-0.39, 0.29) is 11.4 Å². The minimum atomic E-state index is -4.59. The molecule has 0 spiro atoms. The van der Waals surface area contributed by atoms with Crippen LogP contribution in [0.15, 0.2) is 35.4 Å². The number of amidine groups is 1. The average Bonchev–Trinajstić information content (AvgIpc) is 3.26. The fourth-order valence-electron chi connectivity index (χ4n) is 3.62. The molecular weight excluding hydrogens is 427 g/mol. The van der Waals surface area contributed by atoms with Crippen molar-refractivity contribution in [1.29, 1.82) is 0 Å². The molecule has 0 bridgehead atoms. The van der Waals surface area contributed by atoms with Gasteiger partial charge in [0.05, 0.1) is 26.4 Å². The first-order chi connectivity index (χ1) is 14.8. The van der Waals surface area contributed by atoms with Gasteiger partial charge in [-0.2, -0.15) is 13.2 Å². The fourth-order valence-corrected chi connectivity index (χ4v) is 4.62. The number of aromatic nitrogens is 1. The number of nitrogens with zero attached hydrogens (tertiary/aromatic N) is 2. The molecule has 2 heterocycles. The molecule has 31 heavy (non-hydrogen) atoms. The molecular formula is C21H26F3N5OS. The molecule has 0 atom stereocenters. The van der Waals surface area contributed by atoms with E-state index < -0.39 is 17.5 Å². The lowest BCUT2D eigenvalue weighted by molar-refractivity contribution is -0.137. The number of phenolic OH excluding ortho intramolecular Hbond substituents is 1. The number of aryl methyl sites for hydroxylation is 1. The number of thiophene rings is 1. The number of hydrazone groups is 1. The summed E-state index contributed by atoms with van der Waals surface area (Å²) >= 11 is 1.34. The van der Waals surface area contributed by atoms with Gasteiger partial charge in [0.1, 0.15) is 5.75 Å². The van der Waals surface area contributed by atoms with Gasteiger partial charge in [0, 0.05) is 12.1 Å². The number of phenols is 1. The van der Waals surface area contributed by atoms with E-state index in [1.807, 2.05) is 10.6 Å². The largest absolute Gasteiger partial charge is 0.508 e. The Hall–Kier alpha value is -2.72. The third-order valence-electron chi connectivity index (χ3n) is 5.10. The van der Waals surface area contributed by atoms with Gasteiger partial charge in [-0.05, 0) is 36.8 Å². The molecule has 0 aliphatic rings. The molecule has 6 nitrogen and oxygen atoms in total. The summed E-state index contributed by atoms with van der Waals surface area (Å²) < 4.78 is 43.8. The smallest absolute Gasteiger partial charge is 0.417 e. The van der Waals surface area contributed by atoms with Crippen LogP contribution in [0.1, 0.15) is 49.5 Å². The molecule has 0 saturated heterocycles. The third-order valence-corrected chi connectivity index (χ3v) is 6.19. The molecule has 3 aromatic rings. The Bertz CT molecular complexity index is 1070. The van der Waals surface area contributed by atoms with Crippen LogP contribution in [0.2, 0.25) is 0 Å². The van der Waals surface area contributed by atoms with Gasteiger partial charge in [0.25, 0.3) is 0 Å². The Morgan fingerprint density at radius 3 is 2.58 bits per heavy atom. The van der Waals surface area contributed by atoms with E-state index in [1.54, 1.807) is 6.07 Å². The molecule has 0 aliphatic heterocycles. The lowest BCUT2D eigenvalue weighted by atomic mass is 10.0. The molecule has 0 saturated carbocycles.